The van der Waals surface area contributed by atoms with E-state index >= 15 is 0 Å². The molecule has 0 amide bonds. The van der Waals surface area contributed by atoms with Crippen molar-refractivity contribution in [2.75, 3.05) is 5.75 Å². The Labute approximate surface area is 210 Å². The highest BCUT2D eigenvalue weighted by Crippen LogP contribution is 2.31. The molecule has 5 rings (SSSR count). The van der Waals surface area contributed by atoms with Crippen LogP contribution in [-0.2, 0) is 6.42 Å². The van der Waals surface area contributed by atoms with Crippen LogP contribution in [0, 0.1) is 20.8 Å². The first kappa shape index (κ1) is 23.1. The number of nitrogens with one attached hydrogen (secondary N) is 1. The van der Waals surface area contributed by atoms with E-state index in [1.54, 1.807) is 18.1 Å². The molecule has 3 aromatic carbocycles. The molecule has 1 N–H and O–H groups in total. The zero-order valence-electron chi connectivity index (χ0n) is 20.3. The zero-order valence-corrected chi connectivity index (χ0v) is 21.1. The van der Waals surface area contributed by atoms with Gasteiger partial charge in [-0.1, -0.05) is 89.1 Å². The van der Waals surface area contributed by atoms with Gasteiger partial charge in [-0.25, -0.2) is 9.67 Å². The molecule has 0 fully saturated rings. The number of aryl methyl sites for hydroxylation is 3. The molecular weight excluding hydrogens is 450 g/mol. The van der Waals surface area contributed by atoms with Crippen molar-refractivity contribution in [1.29, 1.82) is 0 Å². The summed E-state index contributed by atoms with van der Waals surface area (Å²) >= 11 is 1.70. The first-order valence-electron chi connectivity index (χ1n) is 11.8. The van der Waals surface area contributed by atoms with Gasteiger partial charge in [0.15, 0.2) is 5.16 Å². The molecule has 0 saturated carbocycles. The molecular formula is C29H29N5S. The lowest BCUT2D eigenvalue weighted by Gasteiger charge is -2.16. The Hall–Kier alpha value is -3.64. The number of rotatable bonds is 8. The topological polar surface area (TPSA) is 59.4 Å². The van der Waals surface area contributed by atoms with Crippen molar-refractivity contribution < 1.29 is 0 Å². The van der Waals surface area contributed by atoms with Gasteiger partial charge >= 0.3 is 0 Å². The summed E-state index contributed by atoms with van der Waals surface area (Å²) in [5, 5.41) is 12.9. The highest BCUT2D eigenvalue weighted by molar-refractivity contribution is 7.99. The number of aromatic amines is 1. The Kier molecular flexibility index (Phi) is 6.82. The second-order valence-electron chi connectivity index (χ2n) is 9.05. The van der Waals surface area contributed by atoms with Crippen molar-refractivity contribution in [2.45, 2.75) is 38.3 Å². The number of H-pyrrole nitrogens is 1. The maximum Gasteiger partial charge on any atom is 0.183 e. The SMILES string of the molecule is Cc1ccc(-c2cc(CC(CSc3ncn[nH]3)c3cccc(C)c3)nn2-c2ccc(C)cc2)cc1. The Balaban J connectivity index is 1.51. The van der Waals surface area contributed by atoms with E-state index in [1.807, 2.05) is 0 Å². The fourth-order valence-corrected chi connectivity index (χ4v) is 5.14. The summed E-state index contributed by atoms with van der Waals surface area (Å²) in [5.74, 6) is 1.17. The van der Waals surface area contributed by atoms with Crippen molar-refractivity contribution in [2.24, 2.45) is 0 Å². The van der Waals surface area contributed by atoms with Crippen LogP contribution in [-0.4, -0.2) is 30.7 Å². The van der Waals surface area contributed by atoms with Crippen LogP contribution in [0.2, 0.25) is 0 Å². The van der Waals surface area contributed by atoms with Crippen LogP contribution in [0.3, 0.4) is 0 Å². The summed E-state index contributed by atoms with van der Waals surface area (Å²) in [6.07, 6.45) is 2.39. The van der Waals surface area contributed by atoms with Gasteiger partial charge in [-0.3, -0.25) is 5.10 Å². The van der Waals surface area contributed by atoms with Crippen molar-refractivity contribution in [3.05, 3.63) is 113 Å². The van der Waals surface area contributed by atoms with E-state index in [-0.39, 0.29) is 5.92 Å². The van der Waals surface area contributed by atoms with Gasteiger partial charge in [0.25, 0.3) is 0 Å². The van der Waals surface area contributed by atoms with E-state index in [1.165, 1.54) is 22.3 Å². The second kappa shape index (κ2) is 10.3. The standard InChI is InChI=1S/C29H29N5S/c1-20-7-11-23(12-8-20)28-17-26(33-34(28)27-13-9-21(2)10-14-27)16-25(18-35-29-30-19-31-32-29)24-6-4-5-22(3)15-24/h4-15,17,19,25H,16,18H2,1-3H3,(H,30,31,32). The lowest BCUT2D eigenvalue weighted by Crippen LogP contribution is -2.08. The molecule has 0 aliphatic heterocycles. The number of benzene rings is 3. The average Bonchev–Trinajstić information content (AvgIpc) is 3.53. The van der Waals surface area contributed by atoms with Crippen molar-refractivity contribution in [3.8, 4) is 16.9 Å². The number of thioether (sulfide) groups is 1. The van der Waals surface area contributed by atoms with E-state index in [2.05, 4.69) is 119 Å². The Bertz CT molecular complexity index is 1320. The molecule has 0 bridgehead atoms. The van der Waals surface area contributed by atoms with Crippen LogP contribution in [0.5, 0.6) is 0 Å². The van der Waals surface area contributed by atoms with Gasteiger partial charge in [0.1, 0.15) is 6.33 Å². The molecule has 0 spiro atoms. The molecule has 0 aliphatic rings. The van der Waals surface area contributed by atoms with Crippen molar-refractivity contribution in [3.63, 3.8) is 0 Å². The van der Waals surface area contributed by atoms with Crippen LogP contribution in [0.15, 0.2) is 90.3 Å². The highest BCUT2D eigenvalue weighted by Gasteiger charge is 2.19. The predicted octanol–water partition coefficient (Wildman–Crippen LogP) is 6.70. The van der Waals surface area contributed by atoms with Crippen molar-refractivity contribution >= 4 is 11.8 Å². The summed E-state index contributed by atoms with van der Waals surface area (Å²) in [6.45, 7) is 6.37. The Morgan fingerprint density at radius 3 is 2.29 bits per heavy atom. The van der Waals surface area contributed by atoms with Crippen molar-refractivity contribution in [1.82, 2.24) is 25.0 Å². The minimum absolute atomic E-state index is 0.289. The first-order valence-corrected chi connectivity index (χ1v) is 12.8. The highest BCUT2D eigenvalue weighted by atomic mass is 32.2. The second-order valence-corrected chi connectivity index (χ2v) is 10.1. The average molecular weight is 480 g/mol. The fourth-order valence-electron chi connectivity index (χ4n) is 4.24. The molecule has 6 heteroatoms. The molecule has 5 aromatic rings. The molecule has 35 heavy (non-hydrogen) atoms. The molecule has 0 aliphatic carbocycles. The third kappa shape index (κ3) is 5.54. The van der Waals surface area contributed by atoms with Gasteiger partial charge in [0, 0.05) is 11.3 Å². The Morgan fingerprint density at radius 1 is 0.857 bits per heavy atom. The lowest BCUT2D eigenvalue weighted by molar-refractivity contribution is 0.729. The zero-order chi connectivity index (χ0) is 24.2. The number of aromatic nitrogens is 5. The quantitative estimate of drug-likeness (QED) is 0.252. The molecule has 176 valence electrons. The third-order valence-corrected chi connectivity index (χ3v) is 7.21. The van der Waals surface area contributed by atoms with E-state index < -0.39 is 0 Å². The summed E-state index contributed by atoms with van der Waals surface area (Å²) in [5.41, 5.74) is 9.49. The molecule has 2 aromatic heterocycles. The lowest BCUT2D eigenvalue weighted by atomic mass is 9.94. The van der Waals surface area contributed by atoms with Crippen LogP contribution in [0.1, 0.15) is 33.9 Å². The van der Waals surface area contributed by atoms with E-state index in [9.17, 15) is 0 Å². The number of nitrogens with zero attached hydrogens (tertiary/aromatic N) is 4. The number of hydrogen-bond acceptors (Lipinski definition) is 4. The van der Waals surface area contributed by atoms with Crippen LogP contribution >= 0.6 is 11.8 Å². The van der Waals surface area contributed by atoms with E-state index in [4.69, 9.17) is 5.10 Å². The number of hydrogen-bond donors (Lipinski definition) is 1. The van der Waals surface area contributed by atoms with E-state index in [0.717, 1.165) is 40.0 Å². The minimum Gasteiger partial charge on any atom is -0.254 e. The first-order chi connectivity index (χ1) is 17.0. The molecule has 2 heterocycles. The molecule has 5 nitrogen and oxygen atoms in total. The summed E-state index contributed by atoms with van der Waals surface area (Å²) in [7, 11) is 0. The maximum atomic E-state index is 5.11. The minimum atomic E-state index is 0.289. The van der Waals surface area contributed by atoms with Gasteiger partial charge < -0.3 is 0 Å². The Morgan fingerprint density at radius 2 is 1.60 bits per heavy atom. The molecule has 0 radical (unpaired) electrons. The normalized spacial score (nSPS) is 12.1. The van der Waals surface area contributed by atoms with Gasteiger partial charge in [0.2, 0.25) is 0 Å². The third-order valence-electron chi connectivity index (χ3n) is 6.17. The maximum absolute atomic E-state index is 5.11. The molecule has 0 saturated heterocycles. The van der Waals surface area contributed by atoms with Crippen LogP contribution in [0.25, 0.3) is 16.9 Å². The summed E-state index contributed by atoms with van der Waals surface area (Å²) in [6, 6.07) is 28.3. The van der Waals surface area contributed by atoms with Crippen LogP contribution < -0.4 is 0 Å². The van der Waals surface area contributed by atoms with E-state index in [0.29, 0.717) is 0 Å². The van der Waals surface area contributed by atoms with Gasteiger partial charge in [-0.2, -0.15) is 10.2 Å². The predicted molar refractivity (Wildman–Crippen MR) is 143 cm³/mol. The summed E-state index contributed by atoms with van der Waals surface area (Å²) in [4.78, 5) is 4.29. The largest absolute Gasteiger partial charge is 0.254 e. The smallest absolute Gasteiger partial charge is 0.183 e. The van der Waals surface area contributed by atoms with Gasteiger partial charge in [-0.05, 0) is 56.9 Å². The van der Waals surface area contributed by atoms with Crippen LogP contribution in [0.4, 0.5) is 0 Å². The monoisotopic (exact) mass is 479 g/mol. The molecule has 1 atom stereocenters. The molecule has 1 unspecified atom stereocenters. The summed E-state index contributed by atoms with van der Waals surface area (Å²) < 4.78 is 2.08. The van der Waals surface area contributed by atoms with Gasteiger partial charge in [0.05, 0.1) is 17.1 Å². The fraction of sp³-hybridized carbons (Fsp3) is 0.207. The van der Waals surface area contributed by atoms with Gasteiger partial charge in [-0.15, -0.1) is 0 Å².